The van der Waals surface area contributed by atoms with Gasteiger partial charge >= 0.3 is 29.6 Å². The van der Waals surface area contributed by atoms with Crippen LogP contribution in [-0.4, -0.2) is 11.6 Å². The van der Waals surface area contributed by atoms with Crippen LogP contribution in [-0.2, 0) is 4.79 Å². The molecule has 4 heavy (non-hydrogen) atoms. The predicted octanol–water partition coefficient (Wildman–Crippen LogP) is -3.38. The molecule has 0 aliphatic heterocycles. The maximum Gasteiger partial charge on any atom is 1.00 e. The molecule has 0 spiro atoms. The summed E-state index contributed by atoms with van der Waals surface area (Å²) in [6.45, 7) is 0.500. The summed E-state index contributed by atoms with van der Waals surface area (Å²) in [5.74, 6) is 0. The number of rotatable bonds is 0. The van der Waals surface area contributed by atoms with E-state index in [1.165, 1.54) is 0 Å². The Bertz CT molecular complexity index is 13.5. The van der Waals surface area contributed by atoms with E-state index in [1.54, 1.807) is 0 Å². The minimum atomic E-state index is 0. The van der Waals surface area contributed by atoms with Crippen molar-refractivity contribution < 1.29 is 39.5 Å². The molecule has 0 rings (SSSR count). The second kappa shape index (κ2) is 9.80. The van der Waals surface area contributed by atoms with Gasteiger partial charge in [-0.3, -0.25) is 0 Å². The van der Waals surface area contributed by atoms with Gasteiger partial charge in [0.15, 0.2) is 0 Å². The Morgan fingerprint density at radius 1 is 1.75 bits per heavy atom. The first-order valence-electron chi connectivity index (χ1n) is 0.428. The maximum absolute atomic E-state index is 8.24. The zero-order valence-corrected chi connectivity index (χ0v) is 4.36. The summed E-state index contributed by atoms with van der Waals surface area (Å²) in [7, 11) is 0. The molecular weight excluding hydrogens is 67.0 g/mol. The SMILES string of the molecule is O=[C-]O.[Na+]. The van der Waals surface area contributed by atoms with Crippen LogP contribution in [0.15, 0.2) is 0 Å². The molecule has 0 saturated carbocycles. The predicted molar refractivity (Wildman–Crippen MR) is 8.32 cm³/mol. The molecule has 0 aliphatic rings. The van der Waals surface area contributed by atoms with E-state index in [1.807, 2.05) is 0 Å². The van der Waals surface area contributed by atoms with Crippen LogP contribution in [0.3, 0.4) is 0 Å². The molecular formula is CHNaO2. The van der Waals surface area contributed by atoms with E-state index < -0.39 is 0 Å². The van der Waals surface area contributed by atoms with Gasteiger partial charge in [0.25, 0.3) is 0 Å². The molecule has 0 bridgehead atoms. The minimum Gasteiger partial charge on any atom is -0.665 e. The quantitative estimate of drug-likeness (QED) is 0.237. The fourth-order valence-electron chi connectivity index (χ4n) is 0. The summed E-state index contributed by atoms with van der Waals surface area (Å²) in [6.07, 6.45) is 0. The molecule has 0 amide bonds. The van der Waals surface area contributed by atoms with Crippen LogP contribution >= 0.6 is 0 Å². The van der Waals surface area contributed by atoms with Crippen molar-refractivity contribution in [2.45, 2.75) is 0 Å². The monoisotopic (exact) mass is 68.0 g/mol. The molecule has 0 radical (unpaired) electrons. The first-order valence-corrected chi connectivity index (χ1v) is 0.428. The molecule has 0 aromatic rings. The van der Waals surface area contributed by atoms with Gasteiger partial charge in [0.05, 0.1) is 0 Å². The van der Waals surface area contributed by atoms with E-state index in [4.69, 9.17) is 9.90 Å². The third-order valence-electron chi connectivity index (χ3n) is 0. The molecule has 0 atom stereocenters. The van der Waals surface area contributed by atoms with E-state index >= 15 is 0 Å². The van der Waals surface area contributed by atoms with Crippen LogP contribution < -0.4 is 29.6 Å². The van der Waals surface area contributed by atoms with Crippen molar-refractivity contribution >= 4 is 6.47 Å². The summed E-state index contributed by atoms with van der Waals surface area (Å²) in [5, 5.41) is 6.76. The molecule has 0 heterocycles. The standard InChI is InChI=1S/CHO2.Na/c2-1-3;/h(H,2,3);/q-1;+1. The van der Waals surface area contributed by atoms with Crippen LogP contribution in [0, 0.1) is 0 Å². The summed E-state index contributed by atoms with van der Waals surface area (Å²) < 4.78 is 0. The van der Waals surface area contributed by atoms with Gasteiger partial charge < -0.3 is 9.90 Å². The fourth-order valence-corrected chi connectivity index (χ4v) is 0. The largest absolute Gasteiger partial charge is 1.00 e. The Labute approximate surface area is 46.1 Å². The Balaban J connectivity index is 0. The Morgan fingerprint density at radius 3 is 1.75 bits per heavy atom. The average Bonchev–Trinajstić information content (AvgIpc) is 0.918. The van der Waals surface area contributed by atoms with E-state index in [9.17, 15) is 0 Å². The average molecular weight is 68.0 g/mol. The normalized spacial score (nSPS) is 3.00. The number of hydrogen-bond acceptors (Lipinski definition) is 1. The molecule has 0 saturated heterocycles. The van der Waals surface area contributed by atoms with Crippen molar-refractivity contribution in [2.75, 3.05) is 0 Å². The molecule has 2 nitrogen and oxygen atoms in total. The zero-order chi connectivity index (χ0) is 2.71. The van der Waals surface area contributed by atoms with E-state index in [-0.39, 0.29) is 29.6 Å². The fraction of sp³-hybridized carbons (Fsp3) is 0. The van der Waals surface area contributed by atoms with Gasteiger partial charge in [0, 0.05) is 0 Å². The van der Waals surface area contributed by atoms with Crippen molar-refractivity contribution in [3.05, 3.63) is 0 Å². The van der Waals surface area contributed by atoms with Crippen molar-refractivity contribution in [1.82, 2.24) is 0 Å². The first kappa shape index (κ1) is 8.82. The van der Waals surface area contributed by atoms with Crippen molar-refractivity contribution in [2.24, 2.45) is 0 Å². The van der Waals surface area contributed by atoms with E-state index in [0.717, 1.165) is 0 Å². The van der Waals surface area contributed by atoms with Gasteiger partial charge in [0.2, 0.25) is 0 Å². The number of hydrogen-bond donors (Lipinski definition) is 1. The van der Waals surface area contributed by atoms with E-state index in [0.29, 0.717) is 6.47 Å². The molecule has 0 aromatic heterocycles. The van der Waals surface area contributed by atoms with Crippen molar-refractivity contribution in [1.29, 1.82) is 0 Å². The summed E-state index contributed by atoms with van der Waals surface area (Å²) in [6, 6.07) is 0. The van der Waals surface area contributed by atoms with Crippen molar-refractivity contribution in [3.8, 4) is 0 Å². The third-order valence-corrected chi connectivity index (χ3v) is 0. The van der Waals surface area contributed by atoms with Crippen LogP contribution in [0.2, 0.25) is 0 Å². The van der Waals surface area contributed by atoms with Crippen LogP contribution in [0.4, 0.5) is 0 Å². The summed E-state index contributed by atoms with van der Waals surface area (Å²) in [5.41, 5.74) is 0. The van der Waals surface area contributed by atoms with Gasteiger partial charge in [-0.1, -0.05) is 6.47 Å². The maximum atomic E-state index is 8.24. The Morgan fingerprint density at radius 2 is 1.75 bits per heavy atom. The van der Waals surface area contributed by atoms with Gasteiger partial charge in [0.1, 0.15) is 0 Å². The molecule has 0 fully saturated rings. The van der Waals surface area contributed by atoms with Crippen molar-refractivity contribution in [3.63, 3.8) is 0 Å². The van der Waals surface area contributed by atoms with Crippen LogP contribution in [0.1, 0.15) is 0 Å². The van der Waals surface area contributed by atoms with Gasteiger partial charge in [-0.25, -0.2) is 0 Å². The Kier molecular flexibility index (Phi) is 21.6. The molecule has 0 aromatic carbocycles. The smallest absolute Gasteiger partial charge is 0.665 e. The zero-order valence-electron chi connectivity index (χ0n) is 2.36. The third kappa shape index (κ3) is 24.2. The van der Waals surface area contributed by atoms with Gasteiger partial charge in [-0.2, -0.15) is 0 Å². The summed E-state index contributed by atoms with van der Waals surface area (Å²) >= 11 is 0. The molecule has 18 valence electrons. The first-order chi connectivity index (χ1) is 1.41. The van der Waals surface area contributed by atoms with Gasteiger partial charge in [-0.05, 0) is 0 Å². The van der Waals surface area contributed by atoms with E-state index in [2.05, 4.69) is 0 Å². The second-order valence-corrected chi connectivity index (χ2v) is 0.0913. The second-order valence-electron chi connectivity index (χ2n) is 0.0913. The minimum absolute atomic E-state index is 0. The molecule has 1 N–H and O–H groups in total. The molecule has 0 aliphatic carbocycles. The summed E-state index contributed by atoms with van der Waals surface area (Å²) in [4.78, 5) is 8.24. The molecule has 3 heteroatoms. The molecule has 0 unspecified atom stereocenters. The number of aliphatic hydroxyl groups excluding tert-OH is 1. The topological polar surface area (TPSA) is 37.3 Å². The Hall–Kier alpha value is 0.470. The van der Waals surface area contributed by atoms with Gasteiger partial charge in [-0.15, -0.1) is 0 Å². The van der Waals surface area contributed by atoms with Crippen LogP contribution in [0.5, 0.6) is 0 Å². The van der Waals surface area contributed by atoms with Crippen LogP contribution in [0.25, 0.3) is 0 Å².